The summed E-state index contributed by atoms with van der Waals surface area (Å²) in [6.45, 7) is 8.52. The highest BCUT2D eigenvalue weighted by Crippen LogP contribution is 2.26. The van der Waals surface area contributed by atoms with Crippen molar-refractivity contribution < 1.29 is 13.2 Å². The molecular weight excluding hydrogens is 314 g/mol. The van der Waals surface area contributed by atoms with Crippen LogP contribution in [0.1, 0.15) is 17.3 Å². The molecule has 1 aromatic carbocycles. The molecule has 112 valence electrons. The second-order valence-corrected chi connectivity index (χ2v) is 13.1. The van der Waals surface area contributed by atoms with Crippen molar-refractivity contribution >= 4 is 40.6 Å². The van der Waals surface area contributed by atoms with Crippen molar-refractivity contribution in [1.29, 1.82) is 0 Å². The van der Waals surface area contributed by atoms with Crippen LogP contribution in [0.5, 0.6) is 0 Å². The van der Waals surface area contributed by atoms with Gasteiger partial charge in [0.05, 0.1) is 23.6 Å². The number of halogens is 1. The van der Waals surface area contributed by atoms with Crippen LogP contribution in [0.3, 0.4) is 0 Å². The fourth-order valence-corrected chi connectivity index (χ4v) is 5.00. The first-order chi connectivity index (χ1) is 9.00. The molecule has 1 amide bonds. The maximum absolute atomic E-state index is 12.2. The molecule has 0 radical (unpaired) electrons. The normalized spacial score (nSPS) is 12.3. The van der Waals surface area contributed by atoms with E-state index in [1.807, 2.05) is 0 Å². The number of hydrogen-bond acceptors (Lipinski definition) is 3. The third-order valence-corrected chi connectivity index (χ3v) is 6.55. The standard InChI is InChI=1S/C13H20ClNO3SSi/c1-6-15-13(16)11-10(20(3,4)5)8-7-9(12(11)14)19(2,17)18/h7-8H,6H2,1-5H3,(H,15,16). The van der Waals surface area contributed by atoms with Crippen molar-refractivity contribution in [2.24, 2.45) is 0 Å². The van der Waals surface area contributed by atoms with E-state index in [2.05, 4.69) is 25.0 Å². The van der Waals surface area contributed by atoms with Crippen LogP contribution in [0.15, 0.2) is 17.0 Å². The Hall–Kier alpha value is -0.853. The van der Waals surface area contributed by atoms with Gasteiger partial charge in [0.25, 0.3) is 5.91 Å². The van der Waals surface area contributed by atoms with Gasteiger partial charge >= 0.3 is 0 Å². The average molecular weight is 334 g/mol. The van der Waals surface area contributed by atoms with E-state index >= 15 is 0 Å². The first-order valence-electron chi connectivity index (χ1n) is 6.31. The largest absolute Gasteiger partial charge is 0.352 e. The number of hydrogen-bond donors (Lipinski definition) is 1. The van der Waals surface area contributed by atoms with Gasteiger partial charge in [-0.05, 0) is 18.2 Å². The lowest BCUT2D eigenvalue weighted by Crippen LogP contribution is -2.44. The van der Waals surface area contributed by atoms with Crippen molar-refractivity contribution in [2.45, 2.75) is 31.5 Å². The van der Waals surface area contributed by atoms with Crippen LogP contribution in [-0.2, 0) is 9.84 Å². The van der Waals surface area contributed by atoms with E-state index in [9.17, 15) is 13.2 Å². The fourth-order valence-electron chi connectivity index (χ4n) is 1.94. The number of nitrogens with one attached hydrogen (secondary N) is 1. The van der Waals surface area contributed by atoms with Crippen molar-refractivity contribution in [1.82, 2.24) is 5.32 Å². The average Bonchev–Trinajstić information content (AvgIpc) is 2.25. The summed E-state index contributed by atoms with van der Waals surface area (Å²) in [4.78, 5) is 12.2. The molecule has 0 saturated carbocycles. The van der Waals surface area contributed by atoms with Crippen molar-refractivity contribution in [3.8, 4) is 0 Å². The summed E-state index contributed by atoms with van der Waals surface area (Å²) in [6, 6.07) is 3.22. The highest BCUT2D eigenvalue weighted by atomic mass is 35.5. The summed E-state index contributed by atoms with van der Waals surface area (Å²) in [7, 11) is -5.29. The van der Waals surface area contributed by atoms with Crippen LogP contribution < -0.4 is 10.5 Å². The van der Waals surface area contributed by atoms with Crippen molar-refractivity contribution in [2.75, 3.05) is 12.8 Å². The molecule has 1 N–H and O–H groups in total. The van der Waals surface area contributed by atoms with Gasteiger partial charge in [-0.1, -0.05) is 37.3 Å². The molecule has 4 nitrogen and oxygen atoms in total. The highest BCUT2D eigenvalue weighted by Gasteiger charge is 2.28. The van der Waals surface area contributed by atoms with E-state index in [4.69, 9.17) is 11.6 Å². The number of amides is 1. The van der Waals surface area contributed by atoms with Gasteiger partial charge in [0.1, 0.15) is 0 Å². The number of rotatable bonds is 4. The van der Waals surface area contributed by atoms with Crippen molar-refractivity contribution in [3.05, 3.63) is 22.7 Å². The molecule has 0 aromatic heterocycles. The van der Waals surface area contributed by atoms with Gasteiger partial charge in [-0.25, -0.2) is 8.42 Å². The number of sulfone groups is 1. The van der Waals surface area contributed by atoms with Gasteiger partial charge in [-0.3, -0.25) is 4.79 Å². The number of carbonyl (C=O) groups is 1. The first kappa shape index (κ1) is 17.2. The van der Waals surface area contributed by atoms with E-state index < -0.39 is 17.9 Å². The van der Waals surface area contributed by atoms with Gasteiger partial charge in [-0.2, -0.15) is 0 Å². The summed E-state index contributed by atoms with van der Waals surface area (Å²) in [5.41, 5.74) is 0.301. The monoisotopic (exact) mass is 333 g/mol. The molecular formula is C13H20ClNO3SSi. The molecule has 0 atom stereocenters. The Kier molecular flexibility index (Phi) is 5.05. The fraction of sp³-hybridized carbons (Fsp3) is 0.462. The van der Waals surface area contributed by atoms with E-state index in [1.54, 1.807) is 13.0 Å². The smallest absolute Gasteiger partial charge is 0.252 e. The first-order valence-corrected chi connectivity index (χ1v) is 12.1. The molecule has 1 rings (SSSR count). The van der Waals surface area contributed by atoms with Gasteiger partial charge < -0.3 is 5.32 Å². The minimum absolute atomic E-state index is 0.00224. The molecule has 0 aliphatic heterocycles. The predicted octanol–water partition coefficient (Wildman–Crippen LogP) is 2.04. The molecule has 0 heterocycles. The topological polar surface area (TPSA) is 63.2 Å². The van der Waals surface area contributed by atoms with E-state index in [0.717, 1.165) is 11.4 Å². The lowest BCUT2D eigenvalue weighted by atomic mass is 10.2. The summed E-state index contributed by atoms with van der Waals surface area (Å²) < 4.78 is 23.5. The Morgan fingerprint density at radius 3 is 2.25 bits per heavy atom. The molecule has 0 spiro atoms. The zero-order valence-electron chi connectivity index (χ0n) is 12.4. The van der Waals surface area contributed by atoms with Crippen LogP contribution >= 0.6 is 11.6 Å². The lowest BCUT2D eigenvalue weighted by molar-refractivity contribution is 0.0957. The molecule has 0 unspecified atom stereocenters. The SMILES string of the molecule is CCNC(=O)c1c([Si](C)(C)C)ccc(S(C)(=O)=O)c1Cl. The lowest BCUT2D eigenvalue weighted by Gasteiger charge is -2.22. The maximum Gasteiger partial charge on any atom is 0.252 e. The maximum atomic E-state index is 12.2. The van der Waals surface area contributed by atoms with Crippen LogP contribution in [0.2, 0.25) is 24.7 Å². The quantitative estimate of drug-likeness (QED) is 0.858. The Balaban J connectivity index is 3.68. The Labute approximate surface area is 126 Å². The van der Waals surface area contributed by atoms with Crippen LogP contribution in [-0.4, -0.2) is 35.2 Å². The van der Waals surface area contributed by atoms with Crippen LogP contribution in [0.25, 0.3) is 0 Å². The molecule has 0 saturated heterocycles. The minimum Gasteiger partial charge on any atom is -0.352 e. The Morgan fingerprint density at radius 2 is 1.85 bits per heavy atom. The molecule has 1 aromatic rings. The number of carbonyl (C=O) groups excluding carboxylic acids is 1. The zero-order valence-corrected chi connectivity index (χ0v) is 14.9. The van der Waals surface area contributed by atoms with Gasteiger partial charge in [0, 0.05) is 12.8 Å². The summed E-state index contributed by atoms with van der Waals surface area (Å²) >= 11 is 6.22. The second kappa shape index (κ2) is 5.87. The Morgan fingerprint density at radius 1 is 1.30 bits per heavy atom. The molecule has 0 bridgehead atoms. The summed E-state index contributed by atoms with van der Waals surface area (Å²) in [5, 5.41) is 3.59. The van der Waals surface area contributed by atoms with E-state index in [1.165, 1.54) is 6.07 Å². The molecule has 7 heteroatoms. The van der Waals surface area contributed by atoms with Crippen molar-refractivity contribution in [3.63, 3.8) is 0 Å². The molecule has 0 fully saturated rings. The van der Waals surface area contributed by atoms with E-state index in [-0.39, 0.29) is 15.8 Å². The zero-order chi connectivity index (χ0) is 15.7. The molecule has 0 aliphatic carbocycles. The van der Waals surface area contributed by atoms with Gasteiger partial charge in [0.2, 0.25) is 0 Å². The Bertz CT molecular complexity index is 636. The van der Waals surface area contributed by atoms with E-state index in [0.29, 0.717) is 12.1 Å². The van der Waals surface area contributed by atoms with Gasteiger partial charge in [0.15, 0.2) is 9.84 Å². The highest BCUT2D eigenvalue weighted by molar-refractivity contribution is 7.90. The summed E-state index contributed by atoms with van der Waals surface area (Å²) in [5.74, 6) is -0.319. The number of benzene rings is 1. The van der Waals surface area contributed by atoms with Crippen LogP contribution in [0, 0.1) is 0 Å². The molecule has 0 aliphatic rings. The third-order valence-electron chi connectivity index (χ3n) is 2.88. The summed E-state index contributed by atoms with van der Waals surface area (Å²) in [6.07, 6.45) is 1.09. The van der Waals surface area contributed by atoms with Crippen LogP contribution in [0.4, 0.5) is 0 Å². The second-order valence-electron chi connectivity index (χ2n) is 5.68. The molecule has 20 heavy (non-hydrogen) atoms. The predicted molar refractivity (Wildman–Crippen MR) is 85.5 cm³/mol. The third kappa shape index (κ3) is 3.62. The van der Waals surface area contributed by atoms with Gasteiger partial charge in [-0.15, -0.1) is 0 Å². The minimum atomic E-state index is -3.46.